The Labute approximate surface area is 74.5 Å². The second-order valence-electron chi connectivity index (χ2n) is 3.85. The molecule has 70 valence electrons. The molecule has 0 saturated heterocycles. The summed E-state index contributed by atoms with van der Waals surface area (Å²) in [5, 5.41) is 0. The standard InChI is InChI=1S/C10H19NO/c1-2-4-9(11)7-10(12)8-5-3-6-8/h8-9H,2-7,11H2,1H3. The Morgan fingerprint density at radius 3 is 2.67 bits per heavy atom. The van der Waals surface area contributed by atoms with Crippen molar-refractivity contribution in [1.82, 2.24) is 0 Å². The van der Waals surface area contributed by atoms with Gasteiger partial charge in [0.15, 0.2) is 0 Å². The van der Waals surface area contributed by atoms with E-state index >= 15 is 0 Å². The largest absolute Gasteiger partial charge is 0.327 e. The highest BCUT2D eigenvalue weighted by Gasteiger charge is 2.25. The lowest BCUT2D eigenvalue weighted by atomic mass is 9.80. The number of ketones is 1. The molecule has 1 fully saturated rings. The van der Waals surface area contributed by atoms with Gasteiger partial charge in [0.05, 0.1) is 0 Å². The van der Waals surface area contributed by atoms with E-state index in [1.165, 1.54) is 6.42 Å². The molecule has 0 bridgehead atoms. The molecule has 0 aromatic rings. The number of nitrogens with two attached hydrogens (primary N) is 1. The number of hydrogen-bond acceptors (Lipinski definition) is 2. The van der Waals surface area contributed by atoms with Crippen LogP contribution >= 0.6 is 0 Å². The smallest absolute Gasteiger partial charge is 0.137 e. The van der Waals surface area contributed by atoms with Crippen LogP contribution in [0.4, 0.5) is 0 Å². The molecular formula is C10H19NO. The summed E-state index contributed by atoms with van der Waals surface area (Å²) in [6, 6.07) is 0.114. The Hall–Kier alpha value is -0.370. The summed E-state index contributed by atoms with van der Waals surface area (Å²) in [6.07, 6.45) is 6.13. The van der Waals surface area contributed by atoms with Gasteiger partial charge >= 0.3 is 0 Å². The molecule has 1 rings (SSSR count). The molecule has 2 N–H and O–H groups in total. The van der Waals surface area contributed by atoms with Crippen LogP contribution in [0, 0.1) is 5.92 Å². The molecular weight excluding hydrogens is 150 g/mol. The summed E-state index contributed by atoms with van der Waals surface area (Å²) in [5.74, 6) is 0.773. The third-order valence-electron chi connectivity index (χ3n) is 2.68. The summed E-state index contributed by atoms with van der Waals surface area (Å²) in [6.45, 7) is 2.10. The predicted molar refractivity (Wildman–Crippen MR) is 49.8 cm³/mol. The van der Waals surface area contributed by atoms with Crippen molar-refractivity contribution < 1.29 is 4.79 Å². The minimum Gasteiger partial charge on any atom is -0.327 e. The zero-order chi connectivity index (χ0) is 8.97. The topological polar surface area (TPSA) is 43.1 Å². The van der Waals surface area contributed by atoms with Gasteiger partial charge in [0, 0.05) is 18.4 Å². The molecule has 1 aliphatic carbocycles. The summed E-state index contributed by atoms with van der Waals surface area (Å²) in [5.41, 5.74) is 5.78. The molecule has 0 radical (unpaired) electrons. The van der Waals surface area contributed by atoms with Gasteiger partial charge in [0.1, 0.15) is 5.78 Å². The van der Waals surface area contributed by atoms with Crippen molar-refractivity contribution >= 4 is 5.78 Å². The van der Waals surface area contributed by atoms with E-state index in [2.05, 4.69) is 6.92 Å². The molecule has 2 heteroatoms. The number of rotatable bonds is 5. The van der Waals surface area contributed by atoms with Crippen molar-refractivity contribution in [3.05, 3.63) is 0 Å². The third kappa shape index (κ3) is 2.59. The zero-order valence-electron chi connectivity index (χ0n) is 7.88. The van der Waals surface area contributed by atoms with Crippen molar-refractivity contribution in [1.29, 1.82) is 0 Å². The van der Waals surface area contributed by atoms with Gasteiger partial charge in [-0.2, -0.15) is 0 Å². The lowest BCUT2D eigenvalue weighted by molar-refractivity contribution is -0.125. The van der Waals surface area contributed by atoms with Crippen LogP contribution < -0.4 is 5.73 Å². The predicted octanol–water partition coefficient (Wildman–Crippen LogP) is 1.87. The van der Waals surface area contributed by atoms with E-state index in [9.17, 15) is 4.79 Å². The van der Waals surface area contributed by atoms with Gasteiger partial charge in [-0.05, 0) is 19.3 Å². The van der Waals surface area contributed by atoms with E-state index < -0.39 is 0 Å². The molecule has 0 amide bonds. The lowest BCUT2D eigenvalue weighted by Gasteiger charge is -2.24. The van der Waals surface area contributed by atoms with E-state index in [4.69, 9.17) is 5.73 Å². The van der Waals surface area contributed by atoms with Crippen LogP contribution in [0.15, 0.2) is 0 Å². The van der Waals surface area contributed by atoms with Gasteiger partial charge in [-0.25, -0.2) is 0 Å². The molecule has 0 spiro atoms. The quantitative estimate of drug-likeness (QED) is 0.682. The number of Topliss-reactive ketones (excluding diaryl/α,β-unsaturated/α-hetero) is 1. The number of hydrogen-bond donors (Lipinski definition) is 1. The molecule has 1 atom stereocenters. The molecule has 1 unspecified atom stereocenters. The van der Waals surface area contributed by atoms with Crippen LogP contribution in [0.3, 0.4) is 0 Å². The van der Waals surface area contributed by atoms with Crippen molar-refractivity contribution in [3.8, 4) is 0 Å². The monoisotopic (exact) mass is 169 g/mol. The fourth-order valence-electron chi connectivity index (χ4n) is 1.63. The molecule has 0 aliphatic heterocycles. The highest BCUT2D eigenvalue weighted by molar-refractivity contribution is 5.82. The van der Waals surface area contributed by atoms with E-state index in [0.717, 1.165) is 25.7 Å². The van der Waals surface area contributed by atoms with Gasteiger partial charge in [0.25, 0.3) is 0 Å². The van der Waals surface area contributed by atoms with Crippen LogP contribution in [-0.4, -0.2) is 11.8 Å². The summed E-state index contributed by atoms with van der Waals surface area (Å²) < 4.78 is 0. The number of carbonyl (C=O) groups is 1. The van der Waals surface area contributed by atoms with Gasteiger partial charge < -0.3 is 5.73 Å². The highest BCUT2D eigenvalue weighted by atomic mass is 16.1. The molecule has 0 aromatic heterocycles. The first-order chi connectivity index (χ1) is 5.74. The summed E-state index contributed by atoms with van der Waals surface area (Å²) in [4.78, 5) is 11.4. The first-order valence-corrected chi connectivity index (χ1v) is 5.02. The Balaban J connectivity index is 2.15. The molecule has 0 aromatic carbocycles. The molecule has 2 nitrogen and oxygen atoms in total. The van der Waals surface area contributed by atoms with E-state index in [1.807, 2.05) is 0 Å². The molecule has 1 aliphatic rings. The molecule has 0 heterocycles. The van der Waals surface area contributed by atoms with E-state index in [0.29, 0.717) is 18.1 Å². The first-order valence-electron chi connectivity index (χ1n) is 5.02. The molecule has 12 heavy (non-hydrogen) atoms. The SMILES string of the molecule is CCCC(N)CC(=O)C1CCC1. The summed E-state index contributed by atoms with van der Waals surface area (Å²) >= 11 is 0. The normalized spacial score (nSPS) is 20.2. The van der Waals surface area contributed by atoms with Gasteiger partial charge in [-0.3, -0.25) is 4.79 Å². The average Bonchev–Trinajstić information content (AvgIpc) is 1.82. The average molecular weight is 169 g/mol. The highest BCUT2D eigenvalue weighted by Crippen LogP contribution is 2.28. The van der Waals surface area contributed by atoms with Crippen LogP contribution in [-0.2, 0) is 4.79 Å². The maximum atomic E-state index is 11.4. The Morgan fingerprint density at radius 2 is 2.25 bits per heavy atom. The minimum absolute atomic E-state index is 0.114. The fourth-order valence-corrected chi connectivity index (χ4v) is 1.63. The van der Waals surface area contributed by atoms with Gasteiger partial charge in [0.2, 0.25) is 0 Å². The van der Waals surface area contributed by atoms with Crippen LogP contribution in [0.1, 0.15) is 45.4 Å². The molecule has 1 saturated carbocycles. The van der Waals surface area contributed by atoms with E-state index in [-0.39, 0.29) is 6.04 Å². The maximum Gasteiger partial charge on any atom is 0.137 e. The van der Waals surface area contributed by atoms with E-state index in [1.54, 1.807) is 0 Å². The van der Waals surface area contributed by atoms with Crippen molar-refractivity contribution in [2.24, 2.45) is 11.7 Å². The van der Waals surface area contributed by atoms with Crippen LogP contribution in [0.2, 0.25) is 0 Å². The van der Waals surface area contributed by atoms with Crippen molar-refractivity contribution in [2.75, 3.05) is 0 Å². The van der Waals surface area contributed by atoms with Gasteiger partial charge in [-0.15, -0.1) is 0 Å². The zero-order valence-corrected chi connectivity index (χ0v) is 7.88. The van der Waals surface area contributed by atoms with Gasteiger partial charge in [-0.1, -0.05) is 19.8 Å². The second kappa shape index (κ2) is 4.61. The summed E-state index contributed by atoms with van der Waals surface area (Å²) in [7, 11) is 0. The Kier molecular flexibility index (Phi) is 3.73. The number of carbonyl (C=O) groups excluding carboxylic acids is 1. The third-order valence-corrected chi connectivity index (χ3v) is 2.68. The Morgan fingerprint density at radius 1 is 1.58 bits per heavy atom. The Bertz CT molecular complexity index is 152. The van der Waals surface area contributed by atoms with Crippen molar-refractivity contribution in [2.45, 2.75) is 51.5 Å². The fraction of sp³-hybridized carbons (Fsp3) is 0.900. The van der Waals surface area contributed by atoms with Crippen molar-refractivity contribution in [3.63, 3.8) is 0 Å². The van der Waals surface area contributed by atoms with Crippen LogP contribution in [0.5, 0.6) is 0 Å². The second-order valence-corrected chi connectivity index (χ2v) is 3.85. The first kappa shape index (κ1) is 9.72. The lowest BCUT2D eigenvalue weighted by Crippen LogP contribution is -2.30. The van der Waals surface area contributed by atoms with Crippen LogP contribution in [0.25, 0.3) is 0 Å². The minimum atomic E-state index is 0.114. The maximum absolute atomic E-state index is 11.4.